The monoisotopic (exact) mass is 534 g/mol. The molecule has 2 aromatic rings. The standard InChI is InChI=1S/C26H30F4N6O2/c1-14(37)11-35-12-16(10-31-35)20-9-18(23-33-21(25(3,4)5)13-36(23)34-20)24(38)32-15(2)17-7-6-8-19(22(17)27)26(28,29)30/h6-10,12,14-15,21,37H,11,13H2,1-5H3,(H,32,38)/t14-,15+,21-/m0/s1. The number of nitrogens with one attached hydrogen (secondary N) is 1. The second-order valence-corrected chi connectivity index (χ2v) is 10.7. The molecule has 2 aliphatic rings. The molecular weight excluding hydrogens is 504 g/mol. The number of benzene rings is 1. The minimum atomic E-state index is -4.86. The molecule has 2 N–H and O–H groups in total. The number of carbonyl (C=O) groups is 1. The van der Waals surface area contributed by atoms with E-state index in [9.17, 15) is 27.5 Å². The van der Waals surface area contributed by atoms with Gasteiger partial charge in [-0.2, -0.15) is 23.4 Å². The number of fused-ring (bicyclic) bond motifs is 1. The van der Waals surface area contributed by atoms with Gasteiger partial charge in [0.25, 0.3) is 5.91 Å². The first kappa shape index (κ1) is 27.5. The van der Waals surface area contributed by atoms with Gasteiger partial charge in [0.15, 0.2) is 5.84 Å². The van der Waals surface area contributed by atoms with Gasteiger partial charge in [0, 0.05) is 17.3 Å². The van der Waals surface area contributed by atoms with Crippen molar-refractivity contribution in [1.29, 1.82) is 0 Å². The number of carbonyl (C=O) groups excluding carboxylic acids is 1. The van der Waals surface area contributed by atoms with Crippen molar-refractivity contribution in [3.63, 3.8) is 0 Å². The van der Waals surface area contributed by atoms with E-state index in [1.807, 2.05) is 20.8 Å². The Labute approximate surface area is 217 Å². The number of aliphatic imine (C=N–C) groups is 1. The smallest absolute Gasteiger partial charge is 0.391 e. The topological polar surface area (TPSA) is 95.1 Å². The number of alkyl halides is 3. The highest BCUT2D eigenvalue weighted by atomic mass is 19.4. The van der Waals surface area contributed by atoms with Gasteiger partial charge >= 0.3 is 6.18 Å². The van der Waals surface area contributed by atoms with Crippen molar-refractivity contribution in [1.82, 2.24) is 20.1 Å². The zero-order valence-corrected chi connectivity index (χ0v) is 21.7. The summed E-state index contributed by atoms with van der Waals surface area (Å²) >= 11 is 0. The maximum atomic E-state index is 14.7. The van der Waals surface area contributed by atoms with E-state index < -0.39 is 35.6 Å². The zero-order chi connectivity index (χ0) is 28.0. The third-order valence-corrected chi connectivity index (χ3v) is 6.39. The van der Waals surface area contributed by atoms with Crippen LogP contribution in [0.1, 0.15) is 57.4 Å². The third kappa shape index (κ3) is 5.64. The van der Waals surface area contributed by atoms with Crippen molar-refractivity contribution in [3.05, 3.63) is 64.7 Å². The summed E-state index contributed by atoms with van der Waals surface area (Å²) in [5.41, 5.74) is -0.710. The number of aliphatic hydroxyl groups is 1. The van der Waals surface area contributed by atoms with Crippen LogP contribution in [0, 0.1) is 11.2 Å². The van der Waals surface area contributed by atoms with E-state index in [1.165, 1.54) is 19.1 Å². The molecule has 0 bridgehead atoms. The molecule has 3 heterocycles. The number of hydrazone groups is 1. The van der Waals surface area contributed by atoms with Crippen LogP contribution in [-0.4, -0.2) is 56.0 Å². The Kier molecular flexibility index (Phi) is 7.21. The van der Waals surface area contributed by atoms with Gasteiger partial charge in [0.2, 0.25) is 0 Å². The Hall–Kier alpha value is -3.54. The fourth-order valence-corrected chi connectivity index (χ4v) is 4.26. The lowest BCUT2D eigenvalue weighted by atomic mass is 9.87. The van der Waals surface area contributed by atoms with Crippen LogP contribution in [0.15, 0.2) is 52.3 Å². The van der Waals surface area contributed by atoms with E-state index in [-0.39, 0.29) is 29.1 Å². The summed E-state index contributed by atoms with van der Waals surface area (Å²) in [5.74, 6) is -1.72. The van der Waals surface area contributed by atoms with Crippen LogP contribution < -0.4 is 5.32 Å². The second kappa shape index (κ2) is 9.97. The normalized spacial score (nSPS) is 19.4. The van der Waals surface area contributed by atoms with Gasteiger partial charge in [-0.15, -0.1) is 0 Å². The molecule has 3 atom stereocenters. The van der Waals surface area contributed by atoms with E-state index >= 15 is 0 Å². The van der Waals surface area contributed by atoms with E-state index in [1.54, 1.807) is 29.0 Å². The fraction of sp³-hybridized carbons (Fsp3) is 0.462. The lowest BCUT2D eigenvalue weighted by Crippen LogP contribution is -2.39. The maximum Gasteiger partial charge on any atom is 0.419 e. The molecule has 0 aliphatic carbocycles. The molecule has 1 aromatic carbocycles. The molecule has 204 valence electrons. The van der Waals surface area contributed by atoms with E-state index in [0.717, 1.165) is 6.07 Å². The summed E-state index contributed by atoms with van der Waals surface area (Å²) in [5, 5.41) is 22.8. The molecular formula is C26H30F4N6O2. The molecule has 0 saturated carbocycles. The van der Waals surface area contributed by atoms with Crippen molar-refractivity contribution in [2.45, 2.75) is 65.5 Å². The molecule has 2 aliphatic heterocycles. The molecule has 0 saturated heterocycles. The van der Waals surface area contributed by atoms with Crippen LogP contribution >= 0.6 is 0 Å². The highest BCUT2D eigenvalue weighted by Crippen LogP contribution is 2.34. The van der Waals surface area contributed by atoms with Crippen LogP contribution in [0.2, 0.25) is 0 Å². The predicted molar refractivity (Wildman–Crippen MR) is 134 cm³/mol. The van der Waals surface area contributed by atoms with Crippen LogP contribution in [0.25, 0.3) is 0 Å². The van der Waals surface area contributed by atoms with E-state index in [4.69, 9.17) is 4.99 Å². The first-order valence-electron chi connectivity index (χ1n) is 12.2. The van der Waals surface area contributed by atoms with Gasteiger partial charge in [-0.05, 0) is 31.4 Å². The number of hydrogen-bond acceptors (Lipinski definition) is 6. The second-order valence-electron chi connectivity index (χ2n) is 10.7. The number of nitrogens with zero attached hydrogens (tertiary/aromatic N) is 5. The number of hydrogen-bond donors (Lipinski definition) is 2. The molecule has 1 aromatic heterocycles. The first-order valence-corrected chi connectivity index (χ1v) is 12.2. The van der Waals surface area contributed by atoms with Crippen molar-refractivity contribution in [2.24, 2.45) is 15.5 Å². The Bertz CT molecular complexity index is 1320. The lowest BCUT2D eigenvalue weighted by Gasteiger charge is -2.26. The predicted octanol–water partition coefficient (Wildman–Crippen LogP) is 4.07. The summed E-state index contributed by atoms with van der Waals surface area (Å²) in [7, 11) is 0. The molecule has 0 radical (unpaired) electrons. The van der Waals surface area contributed by atoms with Crippen LogP contribution in [0.3, 0.4) is 0 Å². The fourth-order valence-electron chi connectivity index (χ4n) is 4.26. The minimum Gasteiger partial charge on any atom is -0.391 e. The quantitative estimate of drug-likeness (QED) is 0.547. The summed E-state index contributed by atoms with van der Waals surface area (Å²) in [4.78, 5) is 18.2. The minimum absolute atomic E-state index is 0.157. The van der Waals surface area contributed by atoms with E-state index in [2.05, 4.69) is 15.5 Å². The summed E-state index contributed by atoms with van der Waals surface area (Å²) < 4.78 is 55.9. The Balaban J connectivity index is 1.67. The zero-order valence-electron chi connectivity index (χ0n) is 21.7. The molecule has 8 nitrogen and oxygen atoms in total. The first-order chi connectivity index (χ1) is 17.6. The maximum absolute atomic E-state index is 14.7. The highest BCUT2D eigenvalue weighted by molar-refractivity contribution is 6.28. The lowest BCUT2D eigenvalue weighted by molar-refractivity contribution is -0.140. The van der Waals surface area contributed by atoms with Gasteiger partial charge in [-0.1, -0.05) is 32.9 Å². The number of rotatable bonds is 6. The number of aliphatic hydroxyl groups excluding tert-OH is 1. The van der Waals surface area contributed by atoms with Crippen molar-refractivity contribution in [2.75, 3.05) is 6.54 Å². The van der Waals surface area contributed by atoms with Crippen molar-refractivity contribution in [3.8, 4) is 0 Å². The molecule has 0 spiro atoms. The average Bonchev–Trinajstić information content (AvgIpc) is 3.44. The molecule has 0 fully saturated rings. The van der Waals surface area contributed by atoms with Gasteiger partial charge < -0.3 is 10.4 Å². The number of halogens is 4. The molecule has 38 heavy (non-hydrogen) atoms. The van der Waals surface area contributed by atoms with Crippen LogP contribution in [0.5, 0.6) is 0 Å². The average molecular weight is 535 g/mol. The Morgan fingerprint density at radius 3 is 2.58 bits per heavy atom. The third-order valence-electron chi connectivity index (χ3n) is 6.39. The largest absolute Gasteiger partial charge is 0.419 e. The van der Waals surface area contributed by atoms with Crippen molar-refractivity contribution >= 4 is 17.5 Å². The Morgan fingerprint density at radius 1 is 1.24 bits per heavy atom. The number of amides is 1. The number of amidine groups is 1. The molecule has 1 amide bonds. The summed E-state index contributed by atoms with van der Waals surface area (Å²) in [6.07, 6.45) is -0.685. The Morgan fingerprint density at radius 2 is 1.95 bits per heavy atom. The molecule has 12 heteroatoms. The van der Waals surface area contributed by atoms with Gasteiger partial charge in [-0.3, -0.25) is 14.5 Å². The summed E-state index contributed by atoms with van der Waals surface area (Å²) in [6, 6.07) is 1.75. The van der Waals surface area contributed by atoms with Gasteiger partial charge in [0.05, 0.1) is 54.3 Å². The van der Waals surface area contributed by atoms with Gasteiger partial charge in [-0.25, -0.2) is 9.40 Å². The molecule has 0 unspecified atom stereocenters. The number of aromatic nitrogens is 2. The highest BCUT2D eigenvalue weighted by Gasteiger charge is 2.39. The van der Waals surface area contributed by atoms with E-state index in [0.29, 0.717) is 29.7 Å². The van der Waals surface area contributed by atoms with Gasteiger partial charge in [0.1, 0.15) is 5.82 Å². The molecule has 4 rings (SSSR count). The van der Waals surface area contributed by atoms with Crippen LogP contribution in [0.4, 0.5) is 17.6 Å². The van der Waals surface area contributed by atoms with Crippen molar-refractivity contribution < 1.29 is 27.5 Å². The number of allylic oxidation sites excluding steroid dienone is 1. The SMILES string of the molecule is C[C@H](O)Cn1cc(C2=NN3C[C@@H](C(C)(C)C)N=C3C(C(=O)N[C@H](C)c3cccc(C(F)(F)F)c3F)=C2)cn1. The van der Waals surface area contributed by atoms with Crippen LogP contribution in [-0.2, 0) is 17.5 Å². The summed E-state index contributed by atoms with van der Waals surface area (Å²) in [6.45, 7) is 9.81.